The molecule has 0 amide bonds. The fraction of sp³-hybridized carbons (Fsp3) is 0.346. The van der Waals surface area contributed by atoms with Gasteiger partial charge >= 0.3 is 0 Å². The van der Waals surface area contributed by atoms with Crippen LogP contribution >= 0.6 is 0 Å². The van der Waals surface area contributed by atoms with Crippen LogP contribution < -0.4 is 16.0 Å². The van der Waals surface area contributed by atoms with E-state index in [0.717, 1.165) is 67.6 Å². The van der Waals surface area contributed by atoms with E-state index in [0.29, 0.717) is 23.1 Å². The number of anilines is 3. The van der Waals surface area contributed by atoms with Crippen molar-refractivity contribution >= 4 is 28.4 Å². The molecule has 4 aromatic heterocycles. The number of rotatable bonds is 6. The molecule has 1 aliphatic heterocycles. The number of hydrogen-bond acceptors (Lipinski definition) is 8. The Bertz CT molecular complexity index is 1430. The molecule has 3 N–H and O–H groups in total. The first kappa shape index (κ1) is 22.7. The van der Waals surface area contributed by atoms with Crippen LogP contribution in [0.4, 0.5) is 26.2 Å². The predicted octanol–water partition coefficient (Wildman–Crippen LogP) is 4.94. The van der Waals surface area contributed by atoms with Gasteiger partial charge in [-0.3, -0.25) is 4.98 Å². The van der Waals surface area contributed by atoms with Gasteiger partial charge in [0.2, 0.25) is 5.95 Å². The molecule has 1 saturated carbocycles. The minimum atomic E-state index is -0.783. The van der Waals surface area contributed by atoms with Gasteiger partial charge in [0.25, 0.3) is 0 Å². The van der Waals surface area contributed by atoms with E-state index in [1.807, 2.05) is 6.20 Å². The Morgan fingerprint density at radius 2 is 1.83 bits per heavy atom. The highest BCUT2D eigenvalue weighted by molar-refractivity contribution is 5.94. The Labute approximate surface area is 207 Å². The van der Waals surface area contributed by atoms with Crippen LogP contribution in [-0.2, 0) is 0 Å². The number of pyridine rings is 3. The molecular weight excluding hydrogens is 462 g/mol. The van der Waals surface area contributed by atoms with Gasteiger partial charge in [0.1, 0.15) is 11.6 Å². The average molecular weight is 489 g/mol. The van der Waals surface area contributed by atoms with Gasteiger partial charge in [-0.1, -0.05) is 0 Å². The van der Waals surface area contributed by atoms with Crippen LogP contribution in [-0.4, -0.2) is 43.5 Å². The minimum absolute atomic E-state index is 0.0978. The molecule has 0 unspecified atom stereocenters. The molecule has 2 fully saturated rings. The zero-order chi connectivity index (χ0) is 24.7. The van der Waals surface area contributed by atoms with Gasteiger partial charge in [-0.05, 0) is 81.4 Å². The highest BCUT2D eigenvalue weighted by atomic mass is 19.1. The summed E-state index contributed by atoms with van der Waals surface area (Å²) in [6.07, 6.45) is 9.53. The Morgan fingerprint density at radius 1 is 1.00 bits per heavy atom. The number of piperidine rings is 1. The lowest BCUT2D eigenvalue weighted by atomic mass is 9.90. The topological polar surface area (TPSA) is 101 Å². The van der Waals surface area contributed by atoms with E-state index >= 15 is 0 Å². The maximum absolute atomic E-state index is 14.1. The third kappa shape index (κ3) is 4.56. The molecule has 36 heavy (non-hydrogen) atoms. The van der Waals surface area contributed by atoms with Crippen molar-refractivity contribution in [3.8, 4) is 11.4 Å². The van der Waals surface area contributed by atoms with Gasteiger partial charge < -0.3 is 16.0 Å². The van der Waals surface area contributed by atoms with Crippen molar-refractivity contribution in [1.82, 2.24) is 30.2 Å². The van der Waals surface area contributed by atoms with Crippen LogP contribution in [0.2, 0.25) is 0 Å². The standard InChI is InChI=1S/C26H26F2N8/c1-26(7-10-29-11-8-26)36-25-22-17(15-2-3-15)13-30-14-19(22)32-23(35-25)16-6-9-31-21(12-16)34-24-18(27)4-5-20(28)33-24/h4-6,9,12-15,29H,2-3,7-8,10-11H2,1H3,(H,31,33,34)(H,32,35,36). The molecule has 1 saturated heterocycles. The maximum atomic E-state index is 14.1. The lowest BCUT2D eigenvalue weighted by Gasteiger charge is -2.36. The average Bonchev–Trinajstić information content (AvgIpc) is 3.72. The highest BCUT2D eigenvalue weighted by Crippen LogP contribution is 2.44. The number of nitrogens with zero attached hydrogens (tertiary/aromatic N) is 5. The van der Waals surface area contributed by atoms with E-state index in [4.69, 9.17) is 9.97 Å². The lowest BCUT2D eigenvalue weighted by molar-refractivity contribution is 0.364. The molecule has 6 rings (SSSR count). The largest absolute Gasteiger partial charge is 0.364 e. The quantitative estimate of drug-likeness (QED) is 0.328. The maximum Gasteiger partial charge on any atom is 0.214 e. The number of nitrogens with one attached hydrogen (secondary N) is 3. The summed E-state index contributed by atoms with van der Waals surface area (Å²) >= 11 is 0. The summed E-state index contributed by atoms with van der Waals surface area (Å²) in [6.45, 7) is 4.12. The smallest absolute Gasteiger partial charge is 0.214 e. The first-order chi connectivity index (χ1) is 17.5. The van der Waals surface area contributed by atoms with Gasteiger partial charge in [-0.2, -0.15) is 9.37 Å². The molecule has 184 valence electrons. The molecule has 2 aliphatic rings. The van der Waals surface area contributed by atoms with Crippen LogP contribution in [0.25, 0.3) is 22.3 Å². The van der Waals surface area contributed by atoms with Crippen LogP contribution in [0.15, 0.2) is 42.9 Å². The minimum Gasteiger partial charge on any atom is -0.364 e. The van der Waals surface area contributed by atoms with E-state index < -0.39 is 11.8 Å². The zero-order valence-corrected chi connectivity index (χ0v) is 19.9. The number of hydrogen-bond donors (Lipinski definition) is 3. The SMILES string of the molecule is CC1(Nc2nc(-c3ccnc(Nc4nc(F)ccc4F)c3)nc3cncc(C4CC4)c23)CCNCC1. The number of fused-ring (bicyclic) bond motifs is 1. The van der Waals surface area contributed by atoms with Crippen molar-refractivity contribution in [2.45, 2.75) is 44.1 Å². The summed E-state index contributed by atoms with van der Waals surface area (Å²) in [7, 11) is 0. The monoisotopic (exact) mass is 488 g/mol. The molecule has 0 radical (unpaired) electrons. The first-order valence-corrected chi connectivity index (χ1v) is 12.2. The third-order valence-electron chi connectivity index (χ3n) is 6.86. The number of halogens is 2. The van der Waals surface area contributed by atoms with Crippen LogP contribution in [0.3, 0.4) is 0 Å². The Hall–Kier alpha value is -3.79. The van der Waals surface area contributed by atoms with Gasteiger partial charge in [-0.15, -0.1) is 0 Å². The van der Waals surface area contributed by atoms with E-state index in [9.17, 15) is 8.78 Å². The van der Waals surface area contributed by atoms with Crippen molar-refractivity contribution in [3.63, 3.8) is 0 Å². The van der Waals surface area contributed by atoms with E-state index in [1.165, 1.54) is 5.56 Å². The predicted molar refractivity (Wildman–Crippen MR) is 134 cm³/mol. The van der Waals surface area contributed by atoms with Crippen LogP contribution in [0.1, 0.15) is 44.1 Å². The summed E-state index contributed by atoms with van der Waals surface area (Å²) in [6, 6.07) is 5.47. The molecule has 0 aromatic carbocycles. The summed E-state index contributed by atoms with van der Waals surface area (Å²) in [5, 5.41) is 10.9. The summed E-state index contributed by atoms with van der Waals surface area (Å²) < 4.78 is 27.6. The molecule has 8 nitrogen and oxygen atoms in total. The molecule has 10 heteroatoms. The highest BCUT2D eigenvalue weighted by Gasteiger charge is 2.31. The Morgan fingerprint density at radius 3 is 2.64 bits per heavy atom. The van der Waals surface area contributed by atoms with Crippen LogP contribution in [0.5, 0.6) is 0 Å². The summed E-state index contributed by atoms with van der Waals surface area (Å²) in [4.78, 5) is 22.1. The fourth-order valence-corrected chi connectivity index (χ4v) is 4.69. The van der Waals surface area contributed by atoms with Crippen molar-refractivity contribution in [2.24, 2.45) is 0 Å². The van der Waals surface area contributed by atoms with Gasteiger partial charge in [0, 0.05) is 28.9 Å². The van der Waals surface area contributed by atoms with Crippen molar-refractivity contribution < 1.29 is 8.78 Å². The molecule has 5 heterocycles. The van der Waals surface area contributed by atoms with E-state index in [1.54, 1.807) is 24.5 Å². The Balaban J connectivity index is 1.42. The fourth-order valence-electron chi connectivity index (χ4n) is 4.69. The molecule has 4 aromatic rings. The summed E-state index contributed by atoms with van der Waals surface area (Å²) in [5.41, 5.74) is 2.54. The second kappa shape index (κ2) is 9.02. The molecule has 0 spiro atoms. The normalized spacial score (nSPS) is 17.2. The Kier molecular flexibility index (Phi) is 5.67. The molecule has 0 atom stereocenters. The van der Waals surface area contributed by atoms with Crippen molar-refractivity contribution in [3.05, 3.63) is 60.2 Å². The third-order valence-corrected chi connectivity index (χ3v) is 6.86. The second-order valence-corrected chi connectivity index (χ2v) is 9.75. The number of aromatic nitrogens is 5. The van der Waals surface area contributed by atoms with E-state index in [-0.39, 0.29) is 11.4 Å². The first-order valence-electron chi connectivity index (χ1n) is 12.2. The van der Waals surface area contributed by atoms with Crippen molar-refractivity contribution in [2.75, 3.05) is 23.7 Å². The lowest BCUT2D eigenvalue weighted by Crippen LogP contribution is -2.45. The zero-order valence-electron chi connectivity index (χ0n) is 19.9. The van der Waals surface area contributed by atoms with Gasteiger partial charge in [0.15, 0.2) is 17.5 Å². The molecule has 1 aliphatic carbocycles. The van der Waals surface area contributed by atoms with E-state index in [2.05, 4.69) is 37.8 Å². The summed E-state index contributed by atoms with van der Waals surface area (Å²) in [5.74, 6) is 0.391. The van der Waals surface area contributed by atoms with Crippen molar-refractivity contribution in [1.29, 1.82) is 0 Å². The molecule has 0 bridgehead atoms. The second-order valence-electron chi connectivity index (χ2n) is 9.75. The molecular formula is C26H26F2N8. The van der Waals surface area contributed by atoms with Gasteiger partial charge in [-0.25, -0.2) is 19.3 Å². The van der Waals surface area contributed by atoms with Gasteiger partial charge in [0.05, 0.1) is 11.7 Å². The van der Waals surface area contributed by atoms with Crippen LogP contribution in [0, 0.1) is 11.8 Å².